The van der Waals surface area contributed by atoms with Crippen LogP contribution in [0.5, 0.6) is 17.6 Å². The Labute approximate surface area is 241 Å². The van der Waals surface area contributed by atoms with Gasteiger partial charge in [-0.15, -0.1) is 6.42 Å². The first-order valence-corrected chi connectivity index (χ1v) is 14.1. The molecule has 1 atom stereocenters. The summed E-state index contributed by atoms with van der Waals surface area (Å²) in [7, 11) is 0. The summed E-state index contributed by atoms with van der Waals surface area (Å²) in [6.07, 6.45) is 8.57. The summed E-state index contributed by atoms with van der Waals surface area (Å²) in [4.78, 5) is 18.2. The van der Waals surface area contributed by atoms with Crippen LogP contribution in [-0.2, 0) is 0 Å². The molecule has 10 heteroatoms. The molecule has 214 valence electrons. The molecular weight excluding hydrogens is 540 g/mol. The zero-order valence-corrected chi connectivity index (χ0v) is 23.2. The van der Waals surface area contributed by atoms with Gasteiger partial charge in [0.15, 0.2) is 5.82 Å². The van der Waals surface area contributed by atoms with Crippen molar-refractivity contribution < 1.29 is 23.4 Å². The van der Waals surface area contributed by atoms with E-state index in [0.29, 0.717) is 36.3 Å². The fourth-order valence-corrected chi connectivity index (χ4v) is 6.74. The van der Waals surface area contributed by atoms with E-state index in [9.17, 15) is 9.50 Å². The molecule has 1 N–H and O–H groups in total. The third-order valence-electron chi connectivity index (χ3n) is 8.65. The number of hydrogen-bond acceptors (Lipinski definition) is 8. The van der Waals surface area contributed by atoms with E-state index in [1.807, 2.05) is 11.8 Å². The second kappa shape index (κ2) is 9.81. The van der Waals surface area contributed by atoms with Crippen molar-refractivity contribution in [2.24, 2.45) is 0 Å². The smallest absolute Gasteiger partial charge is 0.319 e. The molecule has 0 saturated carbocycles. The summed E-state index contributed by atoms with van der Waals surface area (Å²) in [5.41, 5.74) is 0.863. The van der Waals surface area contributed by atoms with Crippen LogP contribution in [0.25, 0.3) is 32.9 Å². The highest BCUT2D eigenvalue weighted by molar-refractivity contribution is 6.04. The van der Waals surface area contributed by atoms with Crippen LogP contribution in [0.3, 0.4) is 0 Å². The van der Waals surface area contributed by atoms with Gasteiger partial charge in [0.1, 0.15) is 47.2 Å². The Balaban J connectivity index is 1.43. The first-order chi connectivity index (χ1) is 20.3. The molecule has 2 aromatic heterocycles. The first kappa shape index (κ1) is 26.4. The molecule has 4 aromatic rings. The predicted octanol–water partition coefficient (Wildman–Crippen LogP) is 5.20. The van der Waals surface area contributed by atoms with Gasteiger partial charge in [-0.05, 0) is 56.3 Å². The molecular formula is C32H29F2N5O3. The van der Waals surface area contributed by atoms with Crippen molar-refractivity contribution in [1.82, 2.24) is 19.9 Å². The van der Waals surface area contributed by atoms with E-state index in [-0.39, 0.29) is 57.5 Å². The topological polar surface area (TPSA) is 83.8 Å². The molecule has 2 saturated heterocycles. The van der Waals surface area contributed by atoms with Gasteiger partial charge in [-0.3, -0.25) is 4.90 Å². The maximum atomic E-state index is 16.7. The second-order valence-electron chi connectivity index (χ2n) is 11.2. The molecule has 2 aromatic carbocycles. The van der Waals surface area contributed by atoms with Crippen LogP contribution in [0.15, 0.2) is 36.4 Å². The number of benzene rings is 2. The molecule has 0 aliphatic carbocycles. The van der Waals surface area contributed by atoms with E-state index in [4.69, 9.17) is 20.9 Å². The lowest BCUT2D eigenvalue weighted by atomic mass is 9.94. The summed E-state index contributed by atoms with van der Waals surface area (Å²) in [5, 5.41) is 11.5. The van der Waals surface area contributed by atoms with E-state index < -0.39 is 11.6 Å². The van der Waals surface area contributed by atoms with E-state index in [1.54, 1.807) is 0 Å². The Bertz CT molecular complexity index is 1840. The standard InChI is InChI=1S/C32H29F2N5O3/c1-4-21-23(33)8-7-19-13-20(40)14-22(24(19)21)27-26(34)28-25-29(38(5-2)11-12-41-30(25)35-27)37-31(36-28)42-17-32-9-6-10-39(32)16-18(3)15-32/h1,7-8,13-14,40H,3,5-6,9-12,15-17H2,2H3/t32-/m0/s1. The van der Waals surface area contributed by atoms with Crippen molar-refractivity contribution in [3.63, 3.8) is 0 Å². The molecule has 3 aliphatic rings. The van der Waals surface area contributed by atoms with Crippen molar-refractivity contribution in [3.05, 3.63) is 53.6 Å². The summed E-state index contributed by atoms with van der Waals surface area (Å²) in [6, 6.07) is 5.51. The van der Waals surface area contributed by atoms with Gasteiger partial charge >= 0.3 is 6.01 Å². The Hall–Kier alpha value is -4.49. The number of phenolic OH excluding ortho intramolecular Hbond substituents is 1. The molecule has 5 heterocycles. The van der Waals surface area contributed by atoms with Crippen molar-refractivity contribution >= 4 is 27.5 Å². The van der Waals surface area contributed by atoms with Crippen LogP contribution in [0.2, 0.25) is 0 Å². The SMILES string of the molecule is C#Cc1c(F)ccc2cc(O)cc(-c3nc4c5c(nc(OC[C@@]67CCCN6CC(=C)C7)nc5c3F)N(CC)CCO4)c12. The highest BCUT2D eigenvalue weighted by Crippen LogP contribution is 2.44. The number of hydrogen-bond donors (Lipinski definition) is 1. The van der Waals surface area contributed by atoms with Gasteiger partial charge in [-0.1, -0.05) is 24.1 Å². The monoisotopic (exact) mass is 569 g/mol. The molecule has 7 rings (SSSR count). The Morgan fingerprint density at radius 3 is 2.86 bits per heavy atom. The average molecular weight is 570 g/mol. The van der Waals surface area contributed by atoms with Gasteiger partial charge in [0, 0.05) is 24.0 Å². The van der Waals surface area contributed by atoms with Crippen molar-refractivity contribution in [2.45, 2.75) is 31.7 Å². The van der Waals surface area contributed by atoms with Crippen LogP contribution in [0.4, 0.5) is 14.6 Å². The van der Waals surface area contributed by atoms with Crippen LogP contribution in [0, 0.1) is 24.0 Å². The van der Waals surface area contributed by atoms with Crippen molar-refractivity contribution in [2.75, 3.05) is 44.3 Å². The molecule has 0 spiro atoms. The number of fused-ring (bicyclic) bond motifs is 2. The maximum absolute atomic E-state index is 16.7. The van der Waals surface area contributed by atoms with Gasteiger partial charge in [-0.2, -0.15) is 9.97 Å². The number of phenols is 1. The number of terminal acetylenes is 1. The zero-order valence-electron chi connectivity index (χ0n) is 23.2. The highest BCUT2D eigenvalue weighted by atomic mass is 19.1. The summed E-state index contributed by atoms with van der Waals surface area (Å²) in [6.45, 7) is 9.72. The molecule has 0 amide bonds. The lowest BCUT2D eigenvalue weighted by Gasteiger charge is -2.31. The van der Waals surface area contributed by atoms with E-state index >= 15 is 4.39 Å². The molecule has 0 radical (unpaired) electrons. The zero-order chi connectivity index (χ0) is 29.2. The van der Waals surface area contributed by atoms with E-state index in [0.717, 1.165) is 32.4 Å². The lowest BCUT2D eigenvalue weighted by Crippen LogP contribution is -2.43. The molecule has 42 heavy (non-hydrogen) atoms. The third kappa shape index (κ3) is 4.02. The Kier molecular flexibility index (Phi) is 6.17. The fourth-order valence-electron chi connectivity index (χ4n) is 6.74. The molecule has 3 aliphatic heterocycles. The van der Waals surface area contributed by atoms with Crippen LogP contribution in [0.1, 0.15) is 31.7 Å². The minimum Gasteiger partial charge on any atom is -0.508 e. The van der Waals surface area contributed by atoms with Gasteiger partial charge in [0.25, 0.3) is 0 Å². The number of pyridine rings is 1. The fraction of sp³-hybridized carbons (Fsp3) is 0.344. The van der Waals surface area contributed by atoms with Crippen LogP contribution >= 0.6 is 0 Å². The van der Waals surface area contributed by atoms with Crippen molar-refractivity contribution in [1.29, 1.82) is 0 Å². The van der Waals surface area contributed by atoms with Gasteiger partial charge in [-0.25, -0.2) is 13.8 Å². The number of aromatic hydroxyl groups is 1. The van der Waals surface area contributed by atoms with Crippen LogP contribution < -0.4 is 14.4 Å². The number of likely N-dealkylation sites (N-methyl/N-ethyl adjacent to an activating group) is 1. The van der Waals surface area contributed by atoms with Crippen LogP contribution in [-0.4, -0.2) is 69.9 Å². The quantitative estimate of drug-likeness (QED) is 0.259. The second-order valence-corrected chi connectivity index (χ2v) is 11.2. The summed E-state index contributed by atoms with van der Waals surface area (Å²) < 4.78 is 43.8. The molecule has 2 fully saturated rings. The Morgan fingerprint density at radius 2 is 2.05 bits per heavy atom. The van der Waals surface area contributed by atoms with Gasteiger partial charge in [0.05, 0.1) is 17.6 Å². The lowest BCUT2D eigenvalue weighted by molar-refractivity contribution is 0.108. The number of rotatable bonds is 5. The van der Waals surface area contributed by atoms with E-state index in [2.05, 4.69) is 27.4 Å². The molecule has 0 unspecified atom stereocenters. The normalized spacial score (nSPS) is 20.0. The molecule has 8 nitrogen and oxygen atoms in total. The predicted molar refractivity (Wildman–Crippen MR) is 156 cm³/mol. The minimum absolute atomic E-state index is 0.0397. The minimum atomic E-state index is -0.780. The number of nitrogens with zero attached hydrogens (tertiary/aromatic N) is 5. The maximum Gasteiger partial charge on any atom is 0.319 e. The Morgan fingerprint density at radius 1 is 1.19 bits per heavy atom. The number of aromatic nitrogens is 3. The summed E-state index contributed by atoms with van der Waals surface area (Å²) in [5.74, 6) is 1.41. The number of ether oxygens (including phenoxy) is 2. The largest absolute Gasteiger partial charge is 0.508 e. The van der Waals surface area contributed by atoms with E-state index in [1.165, 1.54) is 29.8 Å². The number of halogens is 2. The summed E-state index contributed by atoms with van der Waals surface area (Å²) >= 11 is 0. The van der Waals surface area contributed by atoms with Crippen molar-refractivity contribution in [3.8, 4) is 41.2 Å². The molecule has 0 bridgehead atoms. The first-order valence-electron chi connectivity index (χ1n) is 14.1. The average Bonchev–Trinajstić information content (AvgIpc) is 3.43. The van der Waals surface area contributed by atoms with Gasteiger partial charge < -0.3 is 19.5 Å². The highest BCUT2D eigenvalue weighted by Gasteiger charge is 2.46. The van der Waals surface area contributed by atoms with Gasteiger partial charge in [0.2, 0.25) is 5.88 Å². The third-order valence-corrected chi connectivity index (χ3v) is 8.65. The number of anilines is 1.